The first kappa shape index (κ1) is 33.8. The number of hydrogen-bond acceptors (Lipinski definition) is 7. The van der Waals surface area contributed by atoms with Gasteiger partial charge in [0.25, 0.3) is 11.8 Å². The van der Waals surface area contributed by atoms with Gasteiger partial charge in [-0.3, -0.25) is 18.7 Å². The molecule has 2 N–H and O–H groups in total. The van der Waals surface area contributed by atoms with E-state index in [9.17, 15) is 14.4 Å². The molecule has 3 heterocycles. The molecule has 12 heteroatoms. The van der Waals surface area contributed by atoms with Gasteiger partial charge < -0.3 is 20.3 Å². The summed E-state index contributed by atoms with van der Waals surface area (Å²) in [7, 11) is 1.87. The van der Waals surface area contributed by atoms with Crippen molar-refractivity contribution in [3.05, 3.63) is 128 Å². The minimum atomic E-state index is -0.445. The number of aromatic nitrogens is 4. The number of ether oxygens (including phenoxy) is 1. The van der Waals surface area contributed by atoms with Crippen LogP contribution in [0.25, 0.3) is 17.1 Å². The third-order valence-corrected chi connectivity index (χ3v) is 9.67. The summed E-state index contributed by atoms with van der Waals surface area (Å²) in [6, 6.07) is 21.8. The van der Waals surface area contributed by atoms with E-state index in [1.807, 2.05) is 64.2 Å². The molecule has 0 spiro atoms. The smallest absolute Gasteiger partial charge is 0.333 e. The number of aryl methyl sites for hydroxylation is 1. The summed E-state index contributed by atoms with van der Waals surface area (Å²) in [6.07, 6.45) is 3.34. The monoisotopic (exact) mass is 723 g/mol. The fraction of sp³-hybridized carbons (Fsp3) is 0.270. The van der Waals surface area contributed by atoms with Crippen molar-refractivity contribution in [3.63, 3.8) is 0 Å². The lowest BCUT2D eigenvalue weighted by atomic mass is 10.1. The van der Waals surface area contributed by atoms with Crippen LogP contribution in [0, 0.1) is 6.92 Å². The maximum atomic E-state index is 14.3. The van der Waals surface area contributed by atoms with E-state index >= 15 is 0 Å². The van der Waals surface area contributed by atoms with Crippen LogP contribution in [0.15, 0.2) is 94.5 Å². The molecule has 0 saturated heterocycles. The topological polar surface area (TPSA) is 123 Å². The summed E-state index contributed by atoms with van der Waals surface area (Å²) in [4.78, 5) is 52.8. The Labute approximate surface area is 293 Å². The zero-order valence-electron chi connectivity index (χ0n) is 27.8. The molecule has 5 aromatic rings. The van der Waals surface area contributed by atoms with Crippen molar-refractivity contribution < 1.29 is 14.3 Å². The van der Waals surface area contributed by atoms with Gasteiger partial charge in [-0.05, 0) is 87.5 Å². The van der Waals surface area contributed by atoms with Gasteiger partial charge in [-0.15, -0.1) is 0 Å². The van der Waals surface area contributed by atoms with E-state index in [4.69, 9.17) is 4.74 Å². The molecule has 1 aliphatic rings. The highest BCUT2D eigenvalue weighted by Crippen LogP contribution is 2.27. The molecule has 0 bridgehead atoms. The number of likely N-dealkylation sites (N-methyl/N-ethyl adjacent to an activating group) is 1. The molecular formula is C37H38BrN7O4. The van der Waals surface area contributed by atoms with E-state index in [1.54, 1.807) is 58.3 Å². The molecule has 11 nitrogen and oxygen atoms in total. The zero-order valence-corrected chi connectivity index (χ0v) is 29.4. The predicted molar refractivity (Wildman–Crippen MR) is 191 cm³/mol. The molecule has 0 saturated carbocycles. The third-order valence-electron chi connectivity index (χ3n) is 8.78. The molecule has 0 aliphatic carbocycles. The number of carbonyl (C=O) groups is 2. The summed E-state index contributed by atoms with van der Waals surface area (Å²) >= 11 is 3.51. The number of benzene rings is 3. The largest absolute Gasteiger partial charge is 0.492 e. The molecule has 49 heavy (non-hydrogen) atoms. The van der Waals surface area contributed by atoms with E-state index < -0.39 is 5.91 Å². The lowest BCUT2D eigenvalue weighted by Gasteiger charge is -2.34. The van der Waals surface area contributed by atoms with Crippen LogP contribution in [0.5, 0.6) is 5.75 Å². The molecule has 2 atom stereocenters. The Bertz CT molecular complexity index is 2040. The number of imidazole rings is 1. The fourth-order valence-electron chi connectivity index (χ4n) is 5.89. The first-order valence-electron chi connectivity index (χ1n) is 16.1. The molecule has 1 unspecified atom stereocenters. The number of fused-ring (bicyclic) bond motifs is 1. The van der Waals surface area contributed by atoms with Crippen LogP contribution < -0.4 is 21.1 Å². The molecule has 0 fully saturated rings. The summed E-state index contributed by atoms with van der Waals surface area (Å²) < 4.78 is 9.85. The van der Waals surface area contributed by atoms with Crippen molar-refractivity contribution in [1.29, 1.82) is 0 Å². The van der Waals surface area contributed by atoms with Crippen molar-refractivity contribution in [2.75, 3.05) is 13.7 Å². The summed E-state index contributed by atoms with van der Waals surface area (Å²) in [5.74, 6) is 0.571. The first-order chi connectivity index (χ1) is 23.7. The van der Waals surface area contributed by atoms with Crippen LogP contribution in [-0.2, 0) is 19.6 Å². The molecule has 2 amide bonds. The third kappa shape index (κ3) is 7.06. The molecule has 3 aromatic carbocycles. The van der Waals surface area contributed by atoms with Gasteiger partial charge >= 0.3 is 5.69 Å². The van der Waals surface area contributed by atoms with Crippen LogP contribution in [-0.4, -0.2) is 61.6 Å². The van der Waals surface area contributed by atoms with Crippen LogP contribution in [0.3, 0.4) is 0 Å². The van der Waals surface area contributed by atoms with Crippen LogP contribution in [0.4, 0.5) is 0 Å². The predicted octanol–water partition coefficient (Wildman–Crippen LogP) is 5.13. The van der Waals surface area contributed by atoms with Gasteiger partial charge in [0, 0.05) is 53.2 Å². The van der Waals surface area contributed by atoms with Crippen molar-refractivity contribution in [3.8, 4) is 22.8 Å². The quantitative estimate of drug-likeness (QED) is 0.205. The Morgan fingerprint density at radius 2 is 1.78 bits per heavy atom. The molecule has 2 aromatic heterocycles. The molecule has 6 rings (SSSR count). The minimum Gasteiger partial charge on any atom is -0.492 e. The summed E-state index contributed by atoms with van der Waals surface area (Å²) in [6.45, 7) is 6.82. The van der Waals surface area contributed by atoms with Crippen molar-refractivity contribution in [1.82, 2.24) is 34.6 Å². The van der Waals surface area contributed by atoms with E-state index in [-0.39, 0.29) is 49.0 Å². The maximum Gasteiger partial charge on any atom is 0.333 e. The number of halogens is 1. The standard InChI is InChI=1S/C37H38BrN7O4/c1-23-18-26(10-15-31(23)38)36(47)43-21-32-33(35(46)42-19-27-8-5-6-9-30(27)34-40-16-7-17-41-34)45(37(48)44(32)20-25(43)3)28-11-13-29(14-12-28)49-22-24(2)39-4/h5-18,24-25,39H,19-22H2,1-4H3,(H,42,46)/t24-,25?/m0/s1. The van der Waals surface area contributed by atoms with E-state index in [0.717, 1.165) is 21.2 Å². The average molecular weight is 725 g/mol. The second kappa shape index (κ2) is 14.6. The lowest BCUT2D eigenvalue weighted by molar-refractivity contribution is 0.0610. The number of rotatable bonds is 10. The van der Waals surface area contributed by atoms with E-state index in [1.165, 1.54) is 4.57 Å². The van der Waals surface area contributed by atoms with Crippen molar-refractivity contribution >= 4 is 27.7 Å². The molecule has 0 radical (unpaired) electrons. The van der Waals surface area contributed by atoms with Crippen LogP contribution in [0.1, 0.15) is 51.5 Å². The normalized spacial score (nSPS) is 14.6. The summed E-state index contributed by atoms with van der Waals surface area (Å²) in [5, 5.41) is 6.18. The van der Waals surface area contributed by atoms with Gasteiger partial charge in [0.2, 0.25) is 0 Å². The Balaban J connectivity index is 1.37. The van der Waals surface area contributed by atoms with Gasteiger partial charge in [-0.2, -0.15) is 0 Å². The van der Waals surface area contributed by atoms with Crippen LogP contribution in [0.2, 0.25) is 0 Å². The van der Waals surface area contributed by atoms with Gasteiger partial charge in [0.15, 0.2) is 5.82 Å². The van der Waals surface area contributed by atoms with Gasteiger partial charge in [-0.1, -0.05) is 40.2 Å². The second-order valence-electron chi connectivity index (χ2n) is 12.2. The van der Waals surface area contributed by atoms with E-state index in [0.29, 0.717) is 35.1 Å². The maximum absolute atomic E-state index is 14.3. The number of hydrogen-bond donors (Lipinski definition) is 2. The number of amides is 2. The van der Waals surface area contributed by atoms with Crippen LogP contribution >= 0.6 is 15.9 Å². The highest BCUT2D eigenvalue weighted by molar-refractivity contribution is 9.10. The van der Waals surface area contributed by atoms with Crippen molar-refractivity contribution in [2.45, 2.75) is 52.5 Å². The first-order valence-corrected chi connectivity index (χ1v) is 16.9. The Morgan fingerprint density at radius 1 is 1.04 bits per heavy atom. The minimum absolute atomic E-state index is 0.0810. The second-order valence-corrected chi connectivity index (χ2v) is 13.0. The average Bonchev–Trinajstić information content (AvgIpc) is 3.41. The highest BCUT2D eigenvalue weighted by Gasteiger charge is 2.35. The van der Waals surface area contributed by atoms with Crippen molar-refractivity contribution in [2.24, 2.45) is 0 Å². The lowest BCUT2D eigenvalue weighted by Crippen LogP contribution is -2.47. The molecule has 1 aliphatic heterocycles. The number of nitrogens with zero attached hydrogens (tertiary/aromatic N) is 5. The van der Waals surface area contributed by atoms with Gasteiger partial charge in [0.1, 0.15) is 18.1 Å². The molecule has 252 valence electrons. The Morgan fingerprint density at radius 3 is 2.49 bits per heavy atom. The highest BCUT2D eigenvalue weighted by atomic mass is 79.9. The number of carbonyl (C=O) groups excluding carboxylic acids is 2. The Kier molecular flexibility index (Phi) is 10.1. The van der Waals surface area contributed by atoms with E-state index in [2.05, 4.69) is 36.5 Å². The SMILES string of the molecule is CN[C@@H](C)COc1ccc(-n2c(C(=O)NCc3ccccc3-c3ncccn3)c3n(c2=O)CC(C)N(C(=O)c2ccc(Br)c(C)c2)C3)cc1. The van der Waals surface area contributed by atoms with Gasteiger partial charge in [-0.25, -0.2) is 14.8 Å². The van der Waals surface area contributed by atoms with Gasteiger partial charge in [0.05, 0.1) is 17.9 Å². The Hall–Kier alpha value is -5.07. The fourth-order valence-corrected chi connectivity index (χ4v) is 6.14. The zero-order chi connectivity index (χ0) is 34.7. The number of nitrogens with one attached hydrogen (secondary N) is 2. The summed E-state index contributed by atoms with van der Waals surface area (Å²) in [5.41, 5.74) is 3.88. The molecular weight excluding hydrogens is 686 g/mol.